The van der Waals surface area contributed by atoms with Crippen molar-refractivity contribution in [1.29, 1.82) is 0 Å². The minimum Gasteiger partial charge on any atom is -0.495 e. The van der Waals surface area contributed by atoms with E-state index in [9.17, 15) is 0 Å². The molecule has 0 fully saturated rings. The van der Waals surface area contributed by atoms with Crippen molar-refractivity contribution in [2.75, 3.05) is 23.5 Å². The summed E-state index contributed by atoms with van der Waals surface area (Å²) in [6.07, 6.45) is 0.227. The van der Waals surface area contributed by atoms with E-state index in [2.05, 4.69) is 72.2 Å². The van der Waals surface area contributed by atoms with Crippen LogP contribution in [-0.2, 0) is 0 Å². The molecule has 0 saturated carbocycles. The van der Waals surface area contributed by atoms with Gasteiger partial charge in [-0.3, -0.25) is 0 Å². The van der Waals surface area contributed by atoms with Crippen molar-refractivity contribution in [3.05, 3.63) is 60.7 Å². The summed E-state index contributed by atoms with van der Waals surface area (Å²) < 4.78 is 8.38. The van der Waals surface area contributed by atoms with Gasteiger partial charge in [0.2, 0.25) is 0 Å². The lowest BCUT2D eigenvalue weighted by Gasteiger charge is -2.30. The zero-order valence-corrected chi connectivity index (χ0v) is 16.6. The minimum atomic E-state index is 0.227. The van der Waals surface area contributed by atoms with Crippen LogP contribution in [0.1, 0.15) is 13.8 Å². The number of thiophene rings is 1. The number of benzene rings is 3. The molecule has 1 aliphatic heterocycles. The molecule has 136 valence electrons. The Hall–Kier alpha value is -2.72. The Kier molecular flexibility index (Phi) is 3.76. The molecule has 2 heterocycles. The molecule has 3 aromatic carbocycles. The van der Waals surface area contributed by atoms with Crippen LogP contribution in [-0.4, -0.2) is 19.8 Å². The second kappa shape index (κ2) is 6.17. The first kappa shape index (κ1) is 16.5. The van der Waals surface area contributed by atoms with Gasteiger partial charge in [-0.25, -0.2) is 0 Å². The highest BCUT2D eigenvalue weighted by atomic mass is 32.1. The van der Waals surface area contributed by atoms with Gasteiger partial charge in [0.15, 0.2) is 0 Å². The number of hydrogen-bond acceptors (Lipinski definition) is 4. The van der Waals surface area contributed by atoms with Gasteiger partial charge in [-0.15, -0.1) is 11.3 Å². The monoisotopic (exact) mass is 374 g/mol. The van der Waals surface area contributed by atoms with E-state index in [4.69, 9.17) is 4.74 Å². The van der Waals surface area contributed by atoms with Crippen LogP contribution < -0.4 is 14.5 Å². The molecule has 1 aliphatic rings. The van der Waals surface area contributed by atoms with Crippen LogP contribution in [0.25, 0.3) is 20.2 Å². The predicted octanol–water partition coefficient (Wildman–Crippen LogP) is 6.39. The molecule has 1 atom stereocenters. The maximum atomic E-state index is 5.71. The number of rotatable bonds is 3. The average Bonchev–Trinajstić information content (AvgIpc) is 3.21. The largest absolute Gasteiger partial charge is 0.495 e. The maximum Gasteiger partial charge on any atom is 0.142 e. The van der Waals surface area contributed by atoms with Crippen molar-refractivity contribution < 1.29 is 4.74 Å². The fraction of sp³-hybridized carbons (Fsp3) is 0.217. The molecule has 0 unspecified atom stereocenters. The molecule has 0 radical (unpaired) electrons. The molecule has 0 amide bonds. The number of ether oxygens (including phenoxy) is 1. The van der Waals surface area contributed by atoms with Gasteiger partial charge in [0.05, 0.1) is 24.2 Å². The second-order valence-corrected chi connectivity index (χ2v) is 7.95. The van der Waals surface area contributed by atoms with Gasteiger partial charge in [-0.05, 0) is 44.2 Å². The Morgan fingerprint density at radius 2 is 1.70 bits per heavy atom. The molecule has 3 nitrogen and oxygen atoms in total. The number of nitrogens with zero attached hydrogens (tertiary/aromatic N) is 2. The lowest BCUT2D eigenvalue weighted by Crippen LogP contribution is -2.38. The van der Waals surface area contributed by atoms with E-state index in [-0.39, 0.29) is 6.17 Å². The third kappa shape index (κ3) is 2.26. The Labute approximate surface area is 163 Å². The summed E-state index contributed by atoms with van der Waals surface area (Å²) in [5.41, 5.74) is 3.71. The first-order valence-corrected chi connectivity index (χ1v) is 10.2. The highest BCUT2D eigenvalue weighted by molar-refractivity contribution is 7.26. The lowest BCUT2D eigenvalue weighted by molar-refractivity contribution is 0.414. The molecule has 5 rings (SSSR count). The summed E-state index contributed by atoms with van der Waals surface area (Å²) in [7, 11) is 1.75. The molecular weight excluding hydrogens is 352 g/mol. The van der Waals surface area contributed by atoms with E-state index >= 15 is 0 Å². The Morgan fingerprint density at radius 3 is 2.52 bits per heavy atom. The SMILES string of the molecule is CCN1c2ccc3sc4ccccc4c3c2N(c2ccccc2OC)[C@H]1C. The quantitative estimate of drug-likeness (QED) is 0.413. The minimum absolute atomic E-state index is 0.227. The van der Waals surface area contributed by atoms with E-state index in [1.807, 2.05) is 23.5 Å². The molecule has 0 spiro atoms. The zero-order valence-electron chi connectivity index (χ0n) is 15.8. The van der Waals surface area contributed by atoms with Crippen molar-refractivity contribution in [2.24, 2.45) is 0 Å². The average molecular weight is 375 g/mol. The van der Waals surface area contributed by atoms with Crippen molar-refractivity contribution in [3.63, 3.8) is 0 Å². The maximum absolute atomic E-state index is 5.71. The van der Waals surface area contributed by atoms with Gasteiger partial charge in [0.25, 0.3) is 0 Å². The topological polar surface area (TPSA) is 15.7 Å². The molecule has 4 heteroatoms. The normalized spacial score (nSPS) is 16.3. The van der Waals surface area contributed by atoms with E-state index in [1.54, 1.807) is 7.11 Å². The molecular formula is C23H22N2OS. The Balaban J connectivity index is 1.88. The molecule has 4 aromatic rings. The van der Waals surface area contributed by atoms with E-state index in [0.717, 1.165) is 18.0 Å². The van der Waals surface area contributed by atoms with Crippen LogP contribution in [0.15, 0.2) is 60.7 Å². The zero-order chi connectivity index (χ0) is 18.5. The number of fused-ring (bicyclic) bond motifs is 5. The summed E-state index contributed by atoms with van der Waals surface area (Å²) in [6, 6.07) is 21.6. The summed E-state index contributed by atoms with van der Waals surface area (Å²) >= 11 is 1.87. The van der Waals surface area contributed by atoms with Gasteiger partial charge < -0.3 is 14.5 Å². The van der Waals surface area contributed by atoms with Gasteiger partial charge in [0.1, 0.15) is 11.9 Å². The highest BCUT2D eigenvalue weighted by Gasteiger charge is 2.36. The summed E-state index contributed by atoms with van der Waals surface area (Å²) in [4.78, 5) is 4.91. The third-order valence-corrected chi connectivity index (χ3v) is 6.69. The van der Waals surface area contributed by atoms with Gasteiger partial charge in [-0.2, -0.15) is 0 Å². The molecule has 0 bridgehead atoms. The van der Waals surface area contributed by atoms with E-state index in [0.29, 0.717) is 0 Å². The number of para-hydroxylation sites is 2. The molecule has 1 aromatic heterocycles. The summed E-state index contributed by atoms with van der Waals surface area (Å²) in [5, 5.41) is 2.68. The van der Waals surface area contributed by atoms with Gasteiger partial charge in [0, 0.05) is 26.7 Å². The number of hydrogen-bond donors (Lipinski definition) is 0. The Bertz CT molecular complexity index is 1150. The molecule has 0 saturated heterocycles. The first-order chi connectivity index (χ1) is 13.2. The fourth-order valence-corrected chi connectivity index (χ4v) is 5.48. The fourth-order valence-electron chi connectivity index (χ4n) is 4.38. The van der Waals surface area contributed by atoms with Crippen LogP contribution in [0.2, 0.25) is 0 Å². The van der Waals surface area contributed by atoms with Crippen molar-refractivity contribution >= 4 is 48.6 Å². The van der Waals surface area contributed by atoms with Crippen molar-refractivity contribution in [3.8, 4) is 5.75 Å². The van der Waals surface area contributed by atoms with E-state index < -0.39 is 0 Å². The van der Waals surface area contributed by atoms with Crippen LogP contribution in [0.4, 0.5) is 17.1 Å². The van der Waals surface area contributed by atoms with Gasteiger partial charge in [-0.1, -0.05) is 30.3 Å². The smallest absolute Gasteiger partial charge is 0.142 e. The predicted molar refractivity (Wildman–Crippen MR) is 117 cm³/mol. The summed E-state index contributed by atoms with van der Waals surface area (Å²) in [5.74, 6) is 0.907. The summed E-state index contributed by atoms with van der Waals surface area (Å²) in [6.45, 7) is 5.46. The third-order valence-electron chi connectivity index (χ3n) is 5.56. The lowest BCUT2D eigenvalue weighted by atomic mass is 10.1. The molecule has 27 heavy (non-hydrogen) atoms. The standard InChI is InChI=1S/C23H22N2OS/c1-4-24-15(2)25(17-10-6-7-11-19(17)26-3)23-18(24)13-14-21-22(23)16-9-5-8-12-20(16)27-21/h5-15H,4H2,1-3H3/t15-/m0/s1. The van der Waals surface area contributed by atoms with Crippen LogP contribution in [0.5, 0.6) is 5.75 Å². The van der Waals surface area contributed by atoms with E-state index in [1.165, 1.54) is 31.5 Å². The highest BCUT2D eigenvalue weighted by Crippen LogP contribution is 2.53. The van der Waals surface area contributed by atoms with Crippen molar-refractivity contribution in [2.45, 2.75) is 20.0 Å². The van der Waals surface area contributed by atoms with Crippen LogP contribution >= 0.6 is 11.3 Å². The second-order valence-electron chi connectivity index (χ2n) is 6.86. The first-order valence-electron chi connectivity index (χ1n) is 9.37. The van der Waals surface area contributed by atoms with Crippen LogP contribution in [0.3, 0.4) is 0 Å². The Morgan fingerprint density at radius 1 is 0.926 bits per heavy atom. The number of anilines is 3. The molecule has 0 N–H and O–H groups in total. The van der Waals surface area contributed by atoms with Crippen LogP contribution in [0, 0.1) is 0 Å². The van der Waals surface area contributed by atoms with Gasteiger partial charge >= 0.3 is 0 Å². The molecule has 0 aliphatic carbocycles. The van der Waals surface area contributed by atoms with Crippen molar-refractivity contribution in [1.82, 2.24) is 0 Å². The number of methoxy groups -OCH3 is 1.